The molecule has 0 aliphatic carbocycles. The van der Waals surface area contributed by atoms with Crippen LogP contribution in [-0.2, 0) is 28.6 Å². The predicted molar refractivity (Wildman–Crippen MR) is 321 cm³/mol. The van der Waals surface area contributed by atoms with Crippen LogP contribution in [0.5, 0.6) is 0 Å². The Hall–Kier alpha value is -2.89. The van der Waals surface area contributed by atoms with Crippen molar-refractivity contribution in [2.45, 2.75) is 341 Å². The molecule has 0 aliphatic heterocycles. The zero-order chi connectivity index (χ0) is 53.6. The average Bonchev–Trinajstić information content (AvgIpc) is 3.40. The minimum Gasteiger partial charge on any atom is -0.462 e. The highest BCUT2D eigenvalue weighted by Crippen LogP contribution is 2.18. The predicted octanol–water partition coefficient (Wildman–Crippen LogP) is 21.9. The van der Waals surface area contributed by atoms with Gasteiger partial charge in [0, 0.05) is 19.3 Å². The summed E-state index contributed by atoms with van der Waals surface area (Å²) in [6.07, 6.45) is 79.8. The number of rotatable bonds is 59. The van der Waals surface area contributed by atoms with Crippen LogP contribution in [0.4, 0.5) is 0 Å². The molecule has 0 aromatic heterocycles. The van der Waals surface area contributed by atoms with E-state index in [2.05, 4.69) is 81.5 Å². The summed E-state index contributed by atoms with van der Waals surface area (Å²) in [5.41, 5.74) is 0. The van der Waals surface area contributed by atoms with E-state index in [1.807, 2.05) is 0 Å². The molecule has 0 radical (unpaired) electrons. The zero-order valence-corrected chi connectivity index (χ0v) is 49.4. The Kier molecular flexibility index (Phi) is 60.2. The smallest absolute Gasteiger partial charge is 0.306 e. The quantitative estimate of drug-likeness (QED) is 0.0261. The first kappa shape index (κ1) is 71.1. The molecule has 0 N–H and O–H groups in total. The van der Waals surface area contributed by atoms with Gasteiger partial charge in [-0.25, -0.2) is 0 Å². The summed E-state index contributed by atoms with van der Waals surface area (Å²) in [5.74, 6) is -0.852. The van der Waals surface area contributed by atoms with Gasteiger partial charge in [-0.3, -0.25) is 14.4 Å². The van der Waals surface area contributed by atoms with Crippen molar-refractivity contribution in [3.05, 3.63) is 60.8 Å². The second-order valence-electron chi connectivity index (χ2n) is 21.7. The largest absolute Gasteiger partial charge is 0.462 e. The fourth-order valence-electron chi connectivity index (χ4n) is 9.47. The normalized spacial score (nSPS) is 12.4. The molecule has 74 heavy (non-hydrogen) atoms. The summed E-state index contributed by atoms with van der Waals surface area (Å²) >= 11 is 0. The van der Waals surface area contributed by atoms with Gasteiger partial charge in [0.1, 0.15) is 13.2 Å². The van der Waals surface area contributed by atoms with Crippen LogP contribution >= 0.6 is 0 Å². The number of ether oxygens (including phenoxy) is 3. The summed E-state index contributed by atoms with van der Waals surface area (Å²) in [5, 5.41) is 0. The fourth-order valence-corrected chi connectivity index (χ4v) is 9.47. The number of carbonyl (C=O) groups excluding carboxylic acids is 3. The van der Waals surface area contributed by atoms with Crippen LogP contribution in [0.2, 0.25) is 0 Å². The SMILES string of the molecule is CC/C=C\C/C=C\C/C=C\C/C=C\C/C=C\CCCCCCCCCCCCCCCCCCCCCC(=O)OCC(COC(=O)CCCCCCCCCC)OC(=O)CCCCCCCCCCCCCCC. The summed E-state index contributed by atoms with van der Waals surface area (Å²) in [7, 11) is 0. The molecule has 6 heteroatoms. The molecule has 0 rings (SSSR count). The molecule has 0 aromatic carbocycles. The van der Waals surface area contributed by atoms with Crippen molar-refractivity contribution in [1.82, 2.24) is 0 Å². The van der Waals surface area contributed by atoms with E-state index < -0.39 is 6.10 Å². The summed E-state index contributed by atoms with van der Waals surface area (Å²) in [6, 6.07) is 0. The molecule has 0 amide bonds. The lowest BCUT2D eigenvalue weighted by molar-refractivity contribution is -0.167. The Balaban J connectivity index is 3.95. The van der Waals surface area contributed by atoms with Crippen molar-refractivity contribution in [3.63, 3.8) is 0 Å². The van der Waals surface area contributed by atoms with Gasteiger partial charge in [-0.2, -0.15) is 0 Å². The maximum atomic E-state index is 12.8. The molecular formula is C68H122O6. The molecule has 1 atom stereocenters. The molecule has 6 nitrogen and oxygen atoms in total. The van der Waals surface area contributed by atoms with Gasteiger partial charge in [0.25, 0.3) is 0 Å². The van der Waals surface area contributed by atoms with E-state index in [9.17, 15) is 14.4 Å². The first-order valence-electron chi connectivity index (χ1n) is 32.3. The van der Waals surface area contributed by atoms with Gasteiger partial charge >= 0.3 is 17.9 Å². The number of unbranched alkanes of at least 4 members (excludes halogenated alkanes) is 38. The minimum atomic E-state index is -0.765. The van der Waals surface area contributed by atoms with Crippen molar-refractivity contribution >= 4 is 17.9 Å². The number of carbonyl (C=O) groups is 3. The van der Waals surface area contributed by atoms with Gasteiger partial charge in [-0.1, -0.05) is 313 Å². The summed E-state index contributed by atoms with van der Waals surface area (Å²) < 4.78 is 16.8. The van der Waals surface area contributed by atoms with Gasteiger partial charge in [0.15, 0.2) is 6.10 Å². The van der Waals surface area contributed by atoms with E-state index in [0.29, 0.717) is 19.3 Å². The van der Waals surface area contributed by atoms with Gasteiger partial charge in [0.2, 0.25) is 0 Å². The number of allylic oxidation sites excluding steroid dienone is 10. The Morgan fingerprint density at radius 3 is 0.824 bits per heavy atom. The molecule has 1 unspecified atom stereocenters. The molecule has 0 aliphatic rings. The van der Waals surface area contributed by atoms with Crippen LogP contribution in [-0.4, -0.2) is 37.2 Å². The Morgan fingerprint density at radius 1 is 0.284 bits per heavy atom. The third-order valence-electron chi connectivity index (χ3n) is 14.3. The first-order valence-corrected chi connectivity index (χ1v) is 32.3. The van der Waals surface area contributed by atoms with Crippen molar-refractivity contribution in [2.75, 3.05) is 13.2 Å². The highest BCUT2D eigenvalue weighted by molar-refractivity contribution is 5.71. The lowest BCUT2D eigenvalue weighted by atomic mass is 10.0. The van der Waals surface area contributed by atoms with Gasteiger partial charge in [0.05, 0.1) is 0 Å². The van der Waals surface area contributed by atoms with E-state index >= 15 is 0 Å². The highest BCUT2D eigenvalue weighted by atomic mass is 16.6. The van der Waals surface area contributed by atoms with E-state index in [0.717, 1.165) is 89.9 Å². The molecule has 0 bridgehead atoms. The third-order valence-corrected chi connectivity index (χ3v) is 14.3. The minimum absolute atomic E-state index is 0.0669. The lowest BCUT2D eigenvalue weighted by Crippen LogP contribution is -2.30. The second kappa shape index (κ2) is 62.6. The van der Waals surface area contributed by atoms with E-state index in [1.54, 1.807) is 0 Å². The van der Waals surface area contributed by atoms with Crippen LogP contribution in [0.3, 0.4) is 0 Å². The monoisotopic (exact) mass is 1030 g/mol. The van der Waals surface area contributed by atoms with E-state index in [4.69, 9.17) is 14.2 Å². The molecule has 0 aromatic rings. The third kappa shape index (κ3) is 60.0. The average molecular weight is 1040 g/mol. The number of esters is 3. The number of hydrogen-bond donors (Lipinski definition) is 0. The van der Waals surface area contributed by atoms with Crippen molar-refractivity contribution in [1.29, 1.82) is 0 Å². The van der Waals surface area contributed by atoms with Gasteiger partial charge in [-0.15, -0.1) is 0 Å². The first-order chi connectivity index (χ1) is 36.5. The van der Waals surface area contributed by atoms with Crippen LogP contribution < -0.4 is 0 Å². The van der Waals surface area contributed by atoms with Crippen molar-refractivity contribution in [3.8, 4) is 0 Å². The van der Waals surface area contributed by atoms with Crippen molar-refractivity contribution < 1.29 is 28.6 Å². The van der Waals surface area contributed by atoms with Crippen LogP contribution in [0.1, 0.15) is 335 Å². The van der Waals surface area contributed by atoms with Gasteiger partial charge < -0.3 is 14.2 Å². The maximum absolute atomic E-state index is 12.8. The fraction of sp³-hybridized carbons (Fsp3) is 0.809. The molecule has 0 saturated heterocycles. The molecule has 0 fully saturated rings. The van der Waals surface area contributed by atoms with Gasteiger partial charge in [-0.05, 0) is 64.2 Å². The topological polar surface area (TPSA) is 78.9 Å². The second-order valence-corrected chi connectivity index (χ2v) is 21.7. The Morgan fingerprint density at radius 2 is 0.527 bits per heavy atom. The van der Waals surface area contributed by atoms with Crippen molar-refractivity contribution in [2.24, 2.45) is 0 Å². The summed E-state index contributed by atoms with van der Waals surface area (Å²) in [4.78, 5) is 38.0. The molecule has 0 spiro atoms. The maximum Gasteiger partial charge on any atom is 0.306 e. The summed E-state index contributed by atoms with van der Waals surface area (Å²) in [6.45, 7) is 6.53. The Labute approximate surface area is 460 Å². The standard InChI is InChI=1S/C68H122O6/c1-4-7-10-13-16-19-21-23-24-25-26-27-28-29-30-31-32-33-34-35-36-37-38-39-40-41-42-43-44-46-47-49-52-55-58-61-67(70)73-64-65(63-72-66(69)60-57-54-51-18-15-12-9-6-3)74-68(71)62-59-56-53-50-48-45-22-20-17-14-11-8-5-2/h7,10,16,19,23-24,26-27,29-30,65H,4-6,8-9,11-15,17-18,20-22,25,28,31-64H2,1-3H3/b10-7-,19-16-,24-23-,27-26-,30-29-. The van der Waals surface area contributed by atoms with E-state index in [-0.39, 0.29) is 31.1 Å². The Bertz CT molecular complexity index is 1330. The van der Waals surface area contributed by atoms with Crippen LogP contribution in [0.25, 0.3) is 0 Å². The molecule has 430 valence electrons. The van der Waals surface area contributed by atoms with Crippen LogP contribution in [0.15, 0.2) is 60.8 Å². The van der Waals surface area contributed by atoms with Crippen LogP contribution in [0, 0.1) is 0 Å². The molecular weight excluding hydrogens is 913 g/mol. The highest BCUT2D eigenvalue weighted by Gasteiger charge is 2.19. The molecule has 0 heterocycles. The lowest BCUT2D eigenvalue weighted by Gasteiger charge is -2.18. The molecule has 0 saturated carbocycles. The zero-order valence-electron chi connectivity index (χ0n) is 49.4. The number of hydrogen-bond acceptors (Lipinski definition) is 6. The van der Waals surface area contributed by atoms with E-state index in [1.165, 1.54) is 205 Å².